The summed E-state index contributed by atoms with van der Waals surface area (Å²) in [6.45, 7) is 1.79. The monoisotopic (exact) mass is 385 g/mol. The summed E-state index contributed by atoms with van der Waals surface area (Å²) < 4.78 is 1.86. The highest BCUT2D eigenvalue weighted by Crippen LogP contribution is 2.36. The van der Waals surface area contributed by atoms with Crippen molar-refractivity contribution in [2.24, 2.45) is 5.92 Å². The number of nitriles is 1. The first kappa shape index (κ1) is 17.4. The van der Waals surface area contributed by atoms with Gasteiger partial charge in [0.15, 0.2) is 0 Å². The van der Waals surface area contributed by atoms with Crippen molar-refractivity contribution in [3.05, 3.63) is 76.0 Å². The molecule has 1 N–H and O–H groups in total. The van der Waals surface area contributed by atoms with Crippen LogP contribution < -0.4 is 5.56 Å². The number of benzene rings is 1. The standard InChI is InChI=1S/C22H19N5O2/c23-10-14-2-1-3-16(8-14)21(28)26-11-15-9-17(13-26)19-5-4-18(20-24-6-7-25-20)22(29)27(19)12-15/h1-8,15,17H,9,11-13H2,(H,24,25)/t15-,17+/m0/s1. The molecule has 29 heavy (non-hydrogen) atoms. The van der Waals surface area contributed by atoms with Gasteiger partial charge in [-0.1, -0.05) is 6.07 Å². The summed E-state index contributed by atoms with van der Waals surface area (Å²) >= 11 is 0. The summed E-state index contributed by atoms with van der Waals surface area (Å²) in [4.78, 5) is 35.1. The first-order valence-corrected chi connectivity index (χ1v) is 9.67. The predicted octanol–water partition coefficient (Wildman–Crippen LogP) is 2.37. The van der Waals surface area contributed by atoms with Crippen LogP contribution in [0.3, 0.4) is 0 Å². The number of rotatable bonds is 2. The highest BCUT2D eigenvalue weighted by atomic mass is 16.2. The summed E-state index contributed by atoms with van der Waals surface area (Å²) in [6, 6.07) is 12.7. The van der Waals surface area contributed by atoms with Crippen LogP contribution in [0.4, 0.5) is 0 Å². The molecule has 2 aliphatic rings. The van der Waals surface area contributed by atoms with E-state index >= 15 is 0 Å². The highest BCUT2D eigenvalue weighted by Gasteiger charge is 2.37. The molecular formula is C22H19N5O2. The van der Waals surface area contributed by atoms with Crippen LogP contribution in [0.2, 0.25) is 0 Å². The van der Waals surface area contributed by atoms with Crippen molar-refractivity contribution in [1.82, 2.24) is 19.4 Å². The number of pyridine rings is 1. The maximum Gasteiger partial charge on any atom is 0.261 e. The number of H-pyrrole nitrogens is 1. The molecule has 0 spiro atoms. The van der Waals surface area contributed by atoms with Crippen molar-refractivity contribution in [2.45, 2.75) is 18.9 Å². The number of nitrogens with zero attached hydrogens (tertiary/aromatic N) is 4. The number of fused-ring (bicyclic) bond motifs is 4. The minimum absolute atomic E-state index is 0.0337. The van der Waals surface area contributed by atoms with E-state index in [0.717, 1.165) is 12.1 Å². The molecule has 3 aromatic rings. The molecule has 2 aliphatic heterocycles. The van der Waals surface area contributed by atoms with Crippen LogP contribution >= 0.6 is 0 Å². The molecule has 2 atom stereocenters. The Morgan fingerprint density at radius 3 is 2.90 bits per heavy atom. The number of carbonyl (C=O) groups is 1. The van der Waals surface area contributed by atoms with Crippen molar-refractivity contribution in [3.8, 4) is 17.5 Å². The number of carbonyl (C=O) groups excluding carboxylic acids is 1. The number of aromatic amines is 1. The molecule has 7 nitrogen and oxygen atoms in total. The lowest BCUT2D eigenvalue weighted by Crippen LogP contribution is -2.49. The molecule has 4 heterocycles. The van der Waals surface area contributed by atoms with Gasteiger partial charge in [-0.2, -0.15) is 5.26 Å². The molecule has 0 unspecified atom stereocenters. The maximum atomic E-state index is 13.0. The second-order valence-corrected chi connectivity index (χ2v) is 7.73. The second kappa shape index (κ2) is 6.74. The molecule has 7 heteroatoms. The molecule has 1 amide bonds. The van der Waals surface area contributed by atoms with Crippen LogP contribution in [0.25, 0.3) is 11.4 Å². The molecule has 5 rings (SSSR count). The number of amides is 1. The van der Waals surface area contributed by atoms with E-state index in [2.05, 4.69) is 16.0 Å². The molecule has 0 aliphatic carbocycles. The molecule has 1 aromatic carbocycles. The van der Waals surface area contributed by atoms with Crippen molar-refractivity contribution in [3.63, 3.8) is 0 Å². The maximum absolute atomic E-state index is 13.0. The Balaban J connectivity index is 1.45. The van der Waals surface area contributed by atoms with Crippen LogP contribution in [0.5, 0.6) is 0 Å². The zero-order valence-electron chi connectivity index (χ0n) is 15.7. The zero-order chi connectivity index (χ0) is 20.0. The third-order valence-electron chi connectivity index (χ3n) is 5.88. The van der Waals surface area contributed by atoms with Crippen molar-refractivity contribution in [2.75, 3.05) is 13.1 Å². The Labute approximate surface area is 167 Å². The lowest BCUT2D eigenvalue weighted by atomic mass is 9.82. The summed E-state index contributed by atoms with van der Waals surface area (Å²) in [6.07, 6.45) is 4.32. The van der Waals surface area contributed by atoms with E-state index in [9.17, 15) is 9.59 Å². The number of nitrogens with one attached hydrogen (secondary N) is 1. The lowest BCUT2D eigenvalue weighted by Gasteiger charge is -2.43. The van der Waals surface area contributed by atoms with Gasteiger partial charge in [-0.15, -0.1) is 0 Å². The molecule has 0 saturated carbocycles. The fourth-order valence-electron chi connectivity index (χ4n) is 4.61. The van der Waals surface area contributed by atoms with Gasteiger partial charge in [0, 0.05) is 49.2 Å². The Kier molecular flexibility index (Phi) is 4.06. The number of imidazole rings is 1. The number of piperidine rings is 1. The average molecular weight is 385 g/mol. The van der Waals surface area contributed by atoms with E-state index in [1.165, 1.54) is 0 Å². The summed E-state index contributed by atoms with van der Waals surface area (Å²) in [5.41, 5.74) is 2.53. The lowest BCUT2D eigenvalue weighted by molar-refractivity contribution is 0.0594. The zero-order valence-corrected chi connectivity index (χ0v) is 15.7. The molecule has 144 valence electrons. The van der Waals surface area contributed by atoms with Gasteiger partial charge in [-0.25, -0.2) is 4.98 Å². The van der Waals surface area contributed by atoms with Crippen molar-refractivity contribution < 1.29 is 4.79 Å². The van der Waals surface area contributed by atoms with Gasteiger partial charge in [0.25, 0.3) is 11.5 Å². The van der Waals surface area contributed by atoms with Gasteiger partial charge in [0.2, 0.25) is 0 Å². The third-order valence-corrected chi connectivity index (χ3v) is 5.88. The normalized spacial score (nSPS) is 20.0. The summed E-state index contributed by atoms with van der Waals surface area (Å²) in [7, 11) is 0. The van der Waals surface area contributed by atoms with Crippen LogP contribution in [-0.2, 0) is 6.54 Å². The van der Waals surface area contributed by atoms with Crippen LogP contribution in [0.1, 0.15) is 34.0 Å². The second-order valence-electron chi connectivity index (χ2n) is 7.73. The van der Waals surface area contributed by atoms with E-state index in [4.69, 9.17) is 5.26 Å². The predicted molar refractivity (Wildman–Crippen MR) is 106 cm³/mol. The van der Waals surface area contributed by atoms with Crippen LogP contribution in [0.15, 0.2) is 53.6 Å². The van der Waals surface area contributed by atoms with E-state index in [-0.39, 0.29) is 23.3 Å². The third kappa shape index (κ3) is 2.93. The number of likely N-dealkylation sites (tertiary alicyclic amines) is 1. The van der Waals surface area contributed by atoms with Crippen LogP contribution in [0, 0.1) is 17.2 Å². The average Bonchev–Trinajstić information content (AvgIpc) is 3.28. The molecule has 2 aromatic heterocycles. The fraction of sp³-hybridized carbons (Fsp3) is 0.273. The SMILES string of the molecule is N#Cc1cccc(C(=O)N2C[C@@H]3C[C@H](C2)c2ccc(-c4ncc[nH]4)c(=O)n2C3)c1. The van der Waals surface area contributed by atoms with Gasteiger partial charge in [0.05, 0.1) is 17.2 Å². The fourth-order valence-corrected chi connectivity index (χ4v) is 4.61. The van der Waals surface area contributed by atoms with Gasteiger partial charge >= 0.3 is 0 Å². The number of hydrogen-bond acceptors (Lipinski definition) is 4. The summed E-state index contributed by atoms with van der Waals surface area (Å²) in [5, 5.41) is 9.10. The first-order chi connectivity index (χ1) is 14.1. The van der Waals surface area contributed by atoms with E-state index in [1.54, 1.807) is 36.7 Å². The van der Waals surface area contributed by atoms with Crippen LogP contribution in [-0.4, -0.2) is 38.4 Å². The first-order valence-electron chi connectivity index (χ1n) is 9.67. The number of hydrogen-bond donors (Lipinski definition) is 1. The Morgan fingerprint density at radius 2 is 2.10 bits per heavy atom. The van der Waals surface area contributed by atoms with Crippen molar-refractivity contribution >= 4 is 5.91 Å². The Hall–Kier alpha value is -3.66. The highest BCUT2D eigenvalue weighted by molar-refractivity contribution is 5.94. The molecular weight excluding hydrogens is 366 g/mol. The summed E-state index contributed by atoms with van der Waals surface area (Å²) in [5.74, 6) is 0.882. The minimum atomic E-state index is -0.0557. The Bertz CT molecular complexity index is 1190. The van der Waals surface area contributed by atoms with Gasteiger partial charge in [-0.05, 0) is 42.7 Å². The quantitative estimate of drug-likeness (QED) is 0.733. The van der Waals surface area contributed by atoms with Gasteiger partial charge in [0.1, 0.15) is 5.82 Å². The molecule has 1 fully saturated rings. The number of aromatic nitrogens is 3. The van der Waals surface area contributed by atoms with Crippen molar-refractivity contribution in [1.29, 1.82) is 5.26 Å². The largest absolute Gasteiger partial charge is 0.344 e. The molecule has 2 bridgehead atoms. The Morgan fingerprint density at radius 1 is 1.21 bits per heavy atom. The molecule has 0 radical (unpaired) electrons. The minimum Gasteiger partial charge on any atom is -0.344 e. The van der Waals surface area contributed by atoms with E-state index in [1.807, 2.05) is 21.6 Å². The van der Waals surface area contributed by atoms with Gasteiger partial charge < -0.3 is 14.5 Å². The van der Waals surface area contributed by atoms with Gasteiger partial charge in [-0.3, -0.25) is 9.59 Å². The molecule has 1 saturated heterocycles. The van der Waals surface area contributed by atoms with E-state index < -0.39 is 0 Å². The van der Waals surface area contributed by atoms with E-state index in [0.29, 0.717) is 42.1 Å². The smallest absolute Gasteiger partial charge is 0.261 e. The topological polar surface area (TPSA) is 94.8 Å².